The van der Waals surface area contributed by atoms with Crippen LogP contribution in [-0.2, 0) is 27.9 Å². The van der Waals surface area contributed by atoms with Gasteiger partial charge in [-0.05, 0) is 119 Å². The fraction of sp³-hybridized carbons (Fsp3) is 0.488. The Labute approximate surface area is 310 Å². The molecule has 1 atom stereocenters. The van der Waals surface area contributed by atoms with Crippen LogP contribution in [0.3, 0.4) is 0 Å². The summed E-state index contributed by atoms with van der Waals surface area (Å²) < 4.78 is 13.9. The molecule has 1 N–H and O–H groups in total. The molecule has 2 aliphatic heterocycles. The van der Waals surface area contributed by atoms with Gasteiger partial charge in [0.25, 0.3) is 5.91 Å². The zero-order valence-corrected chi connectivity index (χ0v) is 31.4. The van der Waals surface area contributed by atoms with Gasteiger partial charge in [0.2, 0.25) is 5.91 Å². The van der Waals surface area contributed by atoms with Gasteiger partial charge >= 0.3 is 11.8 Å². The van der Waals surface area contributed by atoms with E-state index in [2.05, 4.69) is 27.3 Å². The van der Waals surface area contributed by atoms with Gasteiger partial charge in [-0.3, -0.25) is 28.9 Å². The summed E-state index contributed by atoms with van der Waals surface area (Å²) in [6.07, 6.45) is 8.50. The van der Waals surface area contributed by atoms with Crippen molar-refractivity contribution in [3.8, 4) is 5.75 Å². The Balaban J connectivity index is 1.01. The second kappa shape index (κ2) is 14.4. The molecule has 12 nitrogen and oxygen atoms in total. The minimum Gasteiger partial charge on any atom is -0.497 e. The highest BCUT2D eigenvalue weighted by atomic mass is 16.6. The van der Waals surface area contributed by atoms with Crippen molar-refractivity contribution in [2.45, 2.75) is 96.2 Å². The minimum atomic E-state index is -0.759. The first-order valence-corrected chi connectivity index (χ1v) is 18.7. The quantitative estimate of drug-likeness (QED) is 0.204. The summed E-state index contributed by atoms with van der Waals surface area (Å²) in [5, 5.41) is 2.72. The average molecular weight is 723 g/mol. The van der Waals surface area contributed by atoms with Crippen LogP contribution >= 0.6 is 0 Å². The number of fused-ring (bicyclic) bond motifs is 1. The summed E-state index contributed by atoms with van der Waals surface area (Å²) in [5.74, 6) is 1.05. The topological polar surface area (TPSA) is 128 Å². The van der Waals surface area contributed by atoms with E-state index in [9.17, 15) is 19.2 Å². The van der Waals surface area contributed by atoms with Crippen molar-refractivity contribution < 1.29 is 23.9 Å². The number of hydrogen-bond acceptors (Lipinski definition) is 8. The van der Waals surface area contributed by atoms with Gasteiger partial charge in [0.1, 0.15) is 23.2 Å². The third-order valence-corrected chi connectivity index (χ3v) is 11.5. The van der Waals surface area contributed by atoms with Gasteiger partial charge in [0, 0.05) is 32.8 Å². The number of nitrogens with zero attached hydrogens (tertiary/aromatic N) is 5. The Kier molecular flexibility index (Phi) is 9.82. The Morgan fingerprint density at radius 2 is 1.66 bits per heavy atom. The number of aromatic nitrogens is 3. The van der Waals surface area contributed by atoms with E-state index in [1.54, 1.807) is 23.3 Å². The number of hydrogen-bond donors (Lipinski definition) is 1. The molecule has 4 heterocycles. The summed E-state index contributed by atoms with van der Waals surface area (Å²) in [4.78, 5) is 61.1. The molecule has 0 radical (unpaired) electrons. The first-order chi connectivity index (χ1) is 25.3. The molecule has 2 aromatic heterocycles. The van der Waals surface area contributed by atoms with Crippen molar-refractivity contribution in [3.63, 3.8) is 0 Å². The number of ether oxygens (including phenoxy) is 2. The number of anilines is 2. The van der Waals surface area contributed by atoms with E-state index in [4.69, 9.17) is 9.47 Å². The van der Waals surface area contributed by atoms with Crippen molar-refractivity contribution >= 4 is 40.4 Å². The largest absolute Gasteiger partial charge is 0.497 e. The minimum absolute atomic E-state index is 0.149. The van der Waals surface area contributed by atoms with Crippen LogP contribution in [0.25, 0.3) is 11.0 Å². The summed E-state index contributed by atoms with van der Waals surface area (Å²) >= 11 is 0. The predicted molar refractivity (Wildman–Crippen MR) is 203 cm³/mol. The number of benzene rings is 2. The lowest BCUT2D eigenvalue weighted by Crippen LogP contribution is -2.47. The van der Waals surface area contributed by atoms with Crippen molar-refractivity contribution in [1.82, 2.24) is 19.0 Å². The molecule has 280 valence electrons. The Bertz CT molecular complexity index is 2040. The van der Waals surface area contributed by atoms with Crippen LogP contribution in [0.1, 0.15) is 95.2 Å². The second-order valence-electron chi connectivity index (χ2n) is 15.9. The van der Waals surface area contributed by atoms with Crippen LogP contribution in [0.2, 0.25) is 0 Å². The molecule has 2 aromatic carbocycles. The van der Waals surface area contributed by atoms with E-state index in [1.165, 1.54) is 10.5 Å². The predicted octanol–water partition coefficient (Wildman–Crippen LogP) is 6.93. The molecule has 0 bridgehead atoms. The molecule has 1 spiro atoms. The van der Waals surface area contributed by atoms with Crippen LogP contribution < -0.4 is 20.6 Å². The molecule has 3 amide bonds. The standard InChI is InChI=1S/C41H50N6O6/c1-40(2,3)53-38(50)43-34-15-11-29(25-42-34)28-17-19-41(20-18-28)21-23-45(24-22-41)31-7-6-8-32-36(31)44(4)39(51)47(32)33-14-16-35(48)46(37(33)49)26-27-9-12-30(52-5)13-10-27/h6-13,15,25,28,33H,14,16-24,26H2,1-5H3,(H,42,43,50)/t33-/m1/s1. The molecule has 4 aromatic rings. The molecule has 0 unspecified atom stereocenters. The fourth-order valence-electron chi connectivity index (χ4n) is 8.53. The molecule has 1 aliphatic carbocycles. The van der Waals surface area contributed by atoms with Crippen molar-refractivity contribution in [2.24, 2.45) is 12.5 Å². The number of carbonyl (C=O) groups excluding carboxylic acids is 3. The molecule has 12 heteroatoms. The van der Waals surface area contributed by atoms with E-state index in [1.807, 2.05) is 69.4 Å². The maximum Gasteiger partial charge on any atom is 0.413 e. The normalized spacial score (nSPS) is 19.5. The molecular formula is C41H50N6O6. The number of likely N-dealkylation sites (tertiary alicyclic amines) is 1. The van der Waals surface area contributed by atoms with Crippen molar-refractivity contribution in [1.29, 1.82) is 0 Å². The van der Waals surface area contributed by atoms with Gasteiger partial charge in [0.05, 0.1) is 30.4 Å². The fourth-order valence-corrected chi connectivity index (χ4v) is 8.53. The zero-order valence-electron chi connectivity index (χ0n) is 31.4. The third kappa shape index (κ3) is 7.41. The van der Waals surface area contributed by atoms with Gasteiger partial charge in [-0.2, -0.15) is 0 Å². The summed E-state index contributed by atoms with van der Waals surface area (Å²) in [6.45, 7) is 7.42. The average Bonchev–Trinajstić information content (AvgIpc) is 3.39. The van der Waals surface area contributed by atoms with Gasteiger partial charge < -0.3 is 14.4 Å². The lowest BCUT2D eigenvalue weighted by atomic mass is 9.64. The number of aryl methyl sites for hydroxylation is 1. The van der Waals surface area contributed by atoms with Gasteiger partial charge in [0.15, 0.2) is 0 Å². The van der Waals surface area contributed by atoms with E-state index in [0.717, 1.165) is 68.4 Å². The molecule has 7 rings (SSSR count). The Morgan fingerprint density at radius 1 is 0.943 bits per heavy atom. The highest BCUT2D eigenvalue weighted by Gasteiger charge is 2.40. The lowest BCUT2D eigenvalue weighted by Gasteiger charge is -2.46. The number of imidazole rings is 1. The van der Waals surface area contributed by atoms with Gasteiger partial charge in [-0.15, -0.1) is 0 Å². The zero-order chi connectivity index (χ0) is 37.5. The molecule has 2 saturated heterocycles. The number of para-hydroxylation sites is 1. The molecular weight excluding hydrogens is 672 g/mol. The summed E-state index contributed by atoms with van der Waals surface area (Å²) in [7, 11) is 3.37. The van der Waals surface area contributed by atoms with Crippen LogP contribution in [0.15, 0.2) is 65.6 Å². The van der Waals surface area contributed by atoms with Crippen molar-refractivity contribution in [3.05, 3.63) is 82.4 Å². The SMILES string of the molecule is COc1ccc(CN2C(=O)CC[C@@H](n3c(=O)n(C)c4c(N5CCC6(CCC(c7ccc(NC(=O)OC(C)(C)C)nc7)CC6)CC5)cccc43)C2=O)cc1. The number of carbonyl (C=O) groups is 3. The van der Waals surface area contributed by atoms with Gasteiger partial charge in [-0.25, -0.2) is 14.6 Å². The van der Waals surface area contributed by atoms with Crippen molar-refractivity contribution in [2.75, 3.05) is 30.4 Å². The first-order valence-electron chi connectivity index (χ1n) is 18.7. The molecule has 1 saturated carbocycles. The highest BCUT2D eigenvalue weighted by Crippen LogP contribution is 2.49. The maximum atomic E-state index is 13.9. The molecule has 53 heavy (non-hydrogen) atoms. The number of pyridine rings is 1. The van der Waals surface area contributed by atoms with Crippen LogP contribution in [-0.4, -0.2) is 62.7 Å². The van der Waals surface area contributed by atoms with Gasteiger partial charge in [-0.1, -0.05) is 24.3 Å². The monoisotopic (exact) mass is 722 g/mol. The number of methoxy groups -OCH3 is 1. The van der Waals surface area contributed by atoms with Crippen LogP contribution in [0.4, 0.5) is 16.3 Å². The first kappa shape index (κ1) is 36.2. The van der Waals surface area contributed by atoms with E-state index < -0.39 is 17.7 Å². The highest BCUT2D eigenvalue weighted by molar-refractivity contribution is 6.00. The maximum absolute atomic E-state index is 13.9. The number of amides is 3. The number of rotatable bonds is 7. The number of piperidine rings is 2. The van der Waals surface area contributed by atoms with E-state index >= 15 is 0 Å². The number of nitrogens with one attached hydrogen (secondary N) is 1. The second-order valence-corrected chi connectivity index (χ2v) is 15.9. The number of imide groups is 1. The summed E-state index contributed by atoms with van der Waals surface area (Å²) in [6, 6.07) is 16.4. The van der Waals surface area contributed by atoms with Crippen LogP contribution in [0, 0.1) is 5.41 Å². The Morgan fingerprint density at radius 3 is 2.30 bits per heavy atom. The molecule has 3 fully saturated rings. The molecule has 3 aliphatic rings. The van der Waals surface area contributed by atoms with E-state index in [0.29, 0.717) is 28.4 Å². The van der Waals surface area contributed by atoms with Crippen LogP contribution in [0.5, 0.6) is 5.75 Å². The van der Waals surface area contributed by atoms with E-state index in [-0.39, 0.29) is 36.9 Å². The summed E-state index contributed by atoms with van der Waals surface area (Å²) in [5.41, 5.74) is 4.03. The Hall–Kier alpha value is -5.13. The third-order valence-electron chi connectivity index (χ3n) is 11.5. The smallest absolute Gasteiger partial charge is 0.413 e. The lowest BCUT2D eigenvalue weighted by molar-refractivity contribution is -0.151.